The molecule has 0 spiro atoms. The van der Waals surface area contributed by atoms with E-state index in [1.807, 2.05) is 11.3 Å². The first kappa shape index (κ1) is 40.1. The monoisotopic (exact) mass is 918 g/mol. The van der Waals surface area contributed by atoms with Gasteiger partial charge in [0.15, 0.2) is 0 Å². The smallest absolute Gasteiger partial charge is 0.333 e. The minimum atomic E-state index is -0.177. The Morgan fingerprint density at radius 3 is 1.99 bits per heavy atom. The Labute approximate surface area is 409 Å². The number of hydrogen-bond acceptors (Lipinski definition) is 4. The number of imidazole rings is 1. The van der Waals surface area contributed by atoms with E-state index >= 15 is 0 Å². The normalized spacial score (nSPS) is 13.5. The van der Waals surface area contributed by atoms with Crippen LogP contribution >= 0.6 is 11.3 Å². The number of rotatable bonds is 3. The Kier molecular flexibility index (Phi) is 7.95. The summed E-state index contributed by atoms with van der Waals surface area (Å²) in [6.07, 6.45) is 0. The van der Waals surface area contributed by atoms with Crippen molar-refractivity contribution in [3.8, 4) is 33.9 Å². The highest BCUT2D eigenvalue weighted by Crippen LogP contribution is 2.50. The molecule has 2 aliphatic heterocycles. The van der Waals surface area contributed by atoms with E-state index in [2.05, 4.69) is 231 Å². The van der Waals surface area contributed by atoms with Gasteiger partial charge in [-0.15, -0.1) is 11.3 Å². The SMILES string of the molecule is CC(C)(C)c1ccc(N2B3c4cc5nc(-c6ccccc6)n(-c6ccccc6)c5cc4-n4c5cc6oc7ccccc7c6cc5c5ccc(c3c54)-c3cc4sc5cc(C(C)(C)C)ccc5c4cc32)cc1. The van der Waals surface area contributed by atoms with Crippen LogP contribution in [0.1, 0.15) is 52.7 Å². The molecule has 0 aliphatic carbocycles. The second-order valence-electron chi connectivity index (χ2n) is 21.6. The van der Waals surface area contributed by atoms with Crippen molar-refractivity contribution in [1.82, 2.24) is 14.1 Å². The van der Waals surface area contributed by atoms with E-state index in [1.165, 1.54) is 75.3 Å². The zero-order chi connectivity index (χ0) is 46.9. The first-order chi connectivity index (χ1) is 34.0. The lowest BCUT2D eigenvalue weighted by Crippen LogP contribution is -2.60. The fraction of sp³-hybridized carbons (Fsp3) is 0.127. The van der Waals surface area contributed by atoms with Crippen LogP contribution in [0.25, 0.3) is 109 Å². The molecule has 15 rings (SSSR count). The Morgan fingerprint density at radius 1 is 0.486 bits per heavy atom. The number of furan rings is 1. The van der Waals surface area contributed by atoms with Gasteiger partial charge < -0.3 is 13.8 Å². The topological polar surface area (TPSA) is 39.1 Å². The molecule has 0 fully saturated rings. The van der Waals surface area contributed by atoms with Crippen LogP contribution in [0.15, 0.2) is 180 Å². The summed E-state index contributed by atoms with van der Waals surface area (Å²) >= 11 is 1.91. The van der Waals surface area contributed by atoms with E-state index in [9.17, 15) is 0 Å². The molecule has 2 aliphatic rings. The van der Waals surface area contributed by atoms with Gasteiger partial charge in [-0.2, -0.15) is 0 Å². The summed E-state index contributed by atoms with van der Waals surface area (Å²) in [6, 6.07) is 65.6. The number of para-hydroxylation sites is 2. The van der Waals surface area contributed by atoms with Gasteiger partial charge in [0.25, 0.3) is 0 Å². The second-order valence-corrected chi connectivity index (χ2v) is 22.7. The quantitative estimate of drug-likeness (QED) is 0.166. The lowest BCUT2D eigenvalue weighted by molar-refractivity contribution is 0.590. The number of fused-ring (bicyclic) bond motifs is 15. The maximum Gasteiger partial charge on any atom is 0.333 e. The van der Waals surface area contributed by atoms with Crippen LogP contribution in [0.3, 0.4) is 0 Å². The zero-order valence-corrected chi connectivity index (χ0v) is 40.7. The zero-order valence-electron chi connectivity index (χ0n) is 39.9. The third kappa shape index (κ3) is 5.52. The molecule has 0 bridgehead atoms. The number of benzene rings is 9. The second kappa shape index (κ2) is 13.9. The molecule has 0 atom stereocenters. The largest absolute Gasteiger partial charge is 0.456 e. The third-order valence-corrected chi connectivity index (χ3v) is 16.5. The van der Waals surface area contributed by atoms with Crippen LogP contribution in [0.2, 0.25) is 0 Å². The van der Waals surface area contributed by atoms with Crippen LogP contribution in [0, 0.1) is 0 Å². The molecule has 0 saturated heterocycles. The number of anilines is 2. The molecule has 7 heteroatoms. The van der Waals surface area contributed by atoms with Crippen LogP contribution in [-0.4, -0.2) is 21.0 Å². The van der Waals surface area contributed by atoms with Crippen LogP contribution < -0.4 is 15.7 Å². The Hall–Kier alpha value is -7.87. The number of nitrogens with zero attached hydrogens (tertiary/aromatic N) is 4. The van der Waals surface area contributed by atoms with E-state index in [0.29, 0.717) is 0 Å². The van der Waals surface area contributed by atoms with Crippen molar-refractivity contribution in [2.75, 3.05) is 4.81 Å². The van der Waals surface area contributed by atoms with Crippen molar-refractivity contribution in [3.05, 3.63) is 187 Å². The summed E-state index contributed by atoms with van der Waals surface area (Å²) in [5.74, 6) is 0.916. The third-order valence-electron chi connectivity index (χ3n) is 15.4. The van der Waals surface area contributed by atoms with Gasteiger partial charge in [-0.3, -0.25) is 4.57 Å². The molecule has 0 amide bonds. The molecular weight excluding hydrogens is 872 g/mol. The van der Waals surface area contributed by atoms with Crippen molar-refractivity contribution in [3.63, 3.8) is 0 Å². The van der Waals surface area contributed by atoms with Crippen molar-refractivity contribution >= 4 is 115 Å². The fourth-order valence-corrected chi connectivity index (χ4v) is 13.1. The average molecular weight is 919 g/mol. The predicted octanol–water partition coefficient (Wildman–Crippen LogP) is 15.9. The molecule has 0 saturated carbocycles. The van der Waals surface area contributed by atoms with Crippen LogP contribution in [-0.2, 0) is 10.8 Å². The molecule has 0 N–H and O–H groups in total. The van der Waals surface area contributed by atoms with Gasteiger partial charge in [-0.25, -0.2) is 4.98 Å². The van der Waals surface area contributed by atoms with E-state index in [1.54, 1.807) is 0 Å². The lowest BCUT2D eigenvalue weighted by Gasteiger charge is -2.42. The summed E-state index contributed by atoms with van der Waals surface area (Å²) in [7, 11) is 0. The van der Waals surface area contributed by atoms with Crippen molar-refractivity contribution < 1.29 is 4.42 Å². The van der Waals surface area contributed by atoms with Gasteiger partial charge in [0.2, 0.25) is 0 Å². The minimum Gasteiger partial charge on any atom is -0.456 e. The fourth-order valence-electron chi connectivity index (χ4n) is 11.9. The summed E-state index contributed by atoms with van der Waals surface area (Å²) in [6.45, 7) is 13.6. The Balaban J connectivity index is 1.10. The van der Waals surface area contributed by atoms with Gasteiger partial charge in [-0.1, -0.05) is 145 Å². The molecule has 9 aromatic carbocycles. The summed E-state index contributed by atoms with van der Waals surface area (Å²) in [4.78, 5) is 8.25. The average Bonchev–Trinajstić information content (AvgIpc) is 4.12. The summed E-state index contributed by atoms with van der Waals surface area (Å²) in [5, 5.41) is 7.32. The van der Waals surface area contributed by atoms with E-state index < -0.39 is 0 Å². The molecule has 334 valence electrons. The molecule has 13 aromatic rings. The molecule has 70 heavy (non-hydrogen) atoms. The molecule has 5 nitrogen and oxygen atoms in total. The summed E-state index contributed by atoms with van der Waals surface area (Å²) < 4.78 is 14.2. The molecule has 4 aromatic heterocycles. The Bertz CT molecular complexity index is 4370. The number of aromatic nitrogens is 3. The van der Waals surface area contributed by atoms with Crippen LogP contribution in [0.4, 0.5) is 11.4 Å². The van der Waals surface area contributed by atoms with Crippen molar-refractivity contribution in [1.29, 1.82) is 0 Å². The molecule has 0 unspecified atom stereocenters. The predicted molar refractivity (Wildman–Crippen MR) is 297 cm³/mol. The van der Waals surface area contributed by atoms with E-state index in [4.69, 9.17) is 9.40 Å². The highest BCUT2D eigenvalue weighted by Gasteiger charge is 2.45. The maximum absolute atomic E-state index is 6.68. The first-order valence-electron chi connectivity index (χ1n) is 24.5. The van der Waals surface area contributed by atoms with E-state index in [0.717, 1.165) is 66.9 Å². The molecular formula is C63H47BN4OS. The molecule has 6 heterocycles. The van der Waals surface area contributed by atoms with Gasteiger partial charge >= 0.3 is 6.85 Å². The van der Waals surface area contributed by atoms with Gasteiger partial charge in [0.05, 0.1) is 22.1 Å². The summed E-state index contributed by atoms with van der Waals surface area (Å²) in [5.41, 5.74) is 19.6. The Morgan fingerprint density at radius 2 is 1.20 bits per heavy atom. The van der Waals surface area contributed by atoms with Crippen molar-refractivity contribution in [2.24, 2.45) is 0 Å². The van der Waals surface area contributed by atoms with Gasteiger partial charge in [0.1, 0.15) is 17.0 Å². The van der Waals surface area contributed by atoms with Gasteiger partial charge in [-0.05, 0) is 105 Å². The van der Waals surface area contributed by atoms with Crippen LogP contribution in [0.5, 0.6) is 0 Å². The lowest BCUT2D eigenvalue weighted by atomic mass is 9.44. The highest BCUT2D eigenvalue weighted by molar-refractivity contribution is 7.25. The molecule has 0 radical (unpaired) electrons. The van der Waals surface area contributed by atoms with Crippen molar-refractivity contribution in [2.45, 2.75) is 52.4 Å². The standard InChI is InChI=1S/C63H47BN4OS/c1-62(2,3)37-21-24-40(25-22-37)68-52-31-48-42-26-23-38(63(4,5)6)29-57(42)70-58(48)32-46(52)43-27-28-44-45-30-47-41-19-13-14-20-55(41)69-56(47)35-51(45)67-53-34-54-50(33-49(53)64(68)59(43)60(44)67)65-61(36-15-9-7-10-16-36)66(54)39-17-11-8-12-18-39/h7-35H,1-6H3. The number of thiophene rings is 1. The first-order valence-corrected chi connectivity index (χ1v) is 25.3. The number of hydrogen-bond donors (Lipinski definition) is 0. The minimum absolute atomic E-state index is 0.00724. The van der Waals surface area contributed by atoms with E-state index in [-0.39, 0.29) is 17.7 Å². The maximum atomic E-state index is 6.68. The van der Waals surface area contributed by atoms with Gasteiger partial charge in [0, 0.05) is 81.7 Å². The highest BCUT2D eigenvalue weighted by atomic mass is 32.1.